The van der Waals surface area contributed by atoms with Gasteiger partial charge in [0.2, 0.25) is 0 Å². The second-order valence-electron chi connectivity index (χ2n) is 5.41. The van der Waals surface area contributed by atoms with Crippen molar-refractivity contribution in [1.82, 2.24) is 15.2 Å². The van der Waals surface area contributed by atoms with E-state index in [4.69, 9.17) is 0 Å². The van der Waals surface area contributed by atoms with Gasteiger partial charge >= 0.3 is 0 Å². The van der Waals surface area contributed by atoms with Crippen molar-refractivity contribution in [2.75, 3.05) is 27.2 Å². The Balaban J connectivity index is 0.00000220. The number of aromatic amines is 1. The summed E-state index contributed by atoms with van der Waals surface area (Å²) in [5.41, 5.74) is 2.16. The van der Waals surface area contributed by atoms with Crippen molar-refractivity contribution in [3.8, 4) is 0 Å². The summed E-state index contributed by atoms with van der Waals surface area (Å²) >= 11 is 0. The molecule has 0 radical (unpaired) electrons. The first kappa shape index (κ1) is 17.7. The van der Waals surface area contributed by atoms with E-state index >= 15 is 0 Å². The molecule has 0 unspecified atom stereocenters. The van der Waals surface area contributed by atoms with Crippen molar-refractivity contribution in [2.24, 2.45) is 0 Å². The van der Waals surface area contributed by atoms with Crippen LogP contribution >= 0.6 is 12.4 Å². The Bertz CT molecular complexity index is 542. The Hall–Kier alpha value is -1.33. The van der Waals surface area contributed by atoms with Crippen LogP contribution < -0.4 is 10.9 Å². The van der Waals surface area contributed by atoms with Crippen LogP contribution in [0.5, 0.6) is 0 Å². The molecule has 6 heteroatoms. The van der Waals surface area contributed by atoms with E-state index < -0.39 is 0 Å². The van der Waals surface area contributed by atoms with Crippen molar-refractivity contribution in [3.63, 3.8) is 0 Å². The number of carbonyl (C=O) groups excluding carboxylic acids is 1. The molecule has 1 aromatic rings. The summed E-state index contributed by atoms with van der Waals surface area (Å²) in [6.07, 6.45) is 5.28. The first-order valence-electron chi connectivity index (χ1n) is 7.28. The Morgan fingerprint density at radius 1 is 1.33 bits per heavy atom. The SMILES string of the molecule is CNCCN(C)C(=O)c1cc2c([nH]c1=O)CCCCC2.Cl. The second kappa shape index (κ2) is 8.20. The van der Waals surface area contributed by atoms with E-state index in [0.29, 0.717) is 13.1 Å². The standard InChI is InChI=1S/C15H23N3O2.ClH/c1-16-8-9-18(2)15(20)12-10-11-6-4-3-5-7-13(11)17-14(12)19;/h10,16H,3-9H2,1-2H3,(H,17,19);1H. The molecule has 1 heterocycles. The molecule has 1 aromatic heterocycles. The number of likely N-dealkylation sites (N-methyl/N-ethyl adjacent to an activating group) is 2. The number of rotatable bonds is 4. The number of amides is 1. The van der Waals surface area contributed by atoms with Gasteiger partial charge < -0.3 is 15.2 Å². The van der Waals surface area contributed by atoms with Crippen LogP contribution in [0.4, 0.5) is 0 Å². The lowest BCUT2D eigenvalue weighted by atomic mass is 10.1. The summed E-state index contributed by atoms with van der Waals surface area (Å²) in [5.74, 6) is -0.200. The fraction of sp³-hybridized carbons (Fsp3) is 0.600. The van der Waals surface area contributed by atoms with Crippen LogP contribution in [0.2, 0.25) is 0 Å². The number of halogens is 1. The van der Waals surface area contributed by atoms with E-state index in [1.54, 1.807) is 18.0 Å². The summed E-state index contributed by atoms with van der Waals surface area (Å²) in [6, 6.07) is 1.80. The van der Waals surface area contributed by atoms with Crippen LogP contribution in [0.15, 0.2) is 10.9 Å². The lowest BCUT2D eigenvalue weighted by Crippen LogP contribution is -2.36. The number of aromatic nitrogens is 1. The molecule has 1 aliphatic carbocycles. The van der Waals surface area contributed by atoms with Gasteiger partial charge in [0, 0.05) is 25.8 Å². The third kappa shape index (κ3) is 4.32. The summed E-state index contributed by atoms with van der Waals surface area (Å²) in [7, 11) is 3.57. The van der Waals surface area contributed by atoms with Gasteiger partial charge in [-0.1, -0.05) is 6.42 Å². The first-order valence-corrected chi connectivity index (χ1v) is 7.28. The minimum Gasteiger partial charge on any atom is -0.340 e. The molecule has 0 saturated heterocycles. The Kier molecular flexibility index (Phi) is 6.92. The van der Waals surface area contributed by atoms with Crippen molar-refractivity contribution >= 4 is 18.3 Å². The molecule has 0 fully saturated rings. The number of hydrogen-bond acceptors (Lipinski definition) is 3. The molecule has 21 heavy (non-hydrogen) atoms. The van der Waals surface area contributed by atoms with Crippen LogP contribution in [0, 0.1) is 0 Å². The summed E-state index contributed by atoms with van der Waals surface area (Å²) in [6.45, 7) is 1.30. The number of nitrogens with zero attached hydrogens (tertiary/aromatic N) is 1. The molecule has 0 spiro atoms. The molecule has 2 rings (SSSR count). The van der Waals surface area contributed by atoms with Crippen LogP contribution in [-0.4, -0.2) is 43.0 Å². The van der Waals surface area contributed by atoms with Crippen molar-refractivity contribution < 1.29 is 4.79 Å². The number of H-pyrrole nitrogens is 1. The topological polar surface area (TPSA) is 65.2 Å². The fourth-order valence-corrected chi connectivity index (χ4v) is 2.60. The van der Waals surface area contributed by atoms with E-state index in [1.807, 2.05) is 7.05 Å². The number of fused-ring (bicyclic) bond motifs is 1. The van der Waals surface area contributed by atoms with Crippen molar-refractivity contribution in [3.05, 3.63) is 33.2 Å². The highest BCUT2D eigenvalue weighted by Crippen LogP contribution is 2.18. The highest BCUT2D eigenvalue weighted by atomic mass is 35.5. The van der Waals surface area contributed by atoms with Crippen LogP contribution in [-0.2, 0) is 12.8 Å². The van der Waals surface area contributed by atoms with Crippen LogP contribution in [0.3, 0.4) is 0 Å². The Labute approximate surface area is 131 Å². The fourth-order valence-electron chi connectivity index (χ4n) is 2.60. The zero-order valence-corrected chi connectivity index (χ0v) is 13.5. The maximum atomic E-state index is 12.3. The van der Waals surface area contributed by atoms with Gasteiger partial charge in [-0.15, -0.1) is 12.4 Å². The van der Waals surface area contributed by atoms with Crippen LogP contribution in [0.25, 0.3) is 0 Å². The number of carbonyl (C=O) groups is 1. The van der Waals surface area contributed by atoms with Gasteiger partial charge in [-0.3, -0.25) is 9.59 Å². The second-order valence-corrected chi connectivity index (χ2v) is 5.41. The average Bonchev–Trinajstić information content (AvgIpc) is 2.67. The summed E-state index contributed by atoms with van der Waals surface area (Å²) in [5, 5.41) is 3.00. The molecule has 118 valence electrons. The summed E-state index contributed by atoms with van der Waals surface area (Å²) < 4.78 is 0. The average molecular weight is 314 g/mol. The van der Waals surface area contributed by atoms with E-state index in [1.165, 1.54) is 6.42 Å². The zero-order chi connectivity index (χ0) is 14.5. The smallest absolute Gasteiger partial charge is 0.261 e. The van der Waals surface area contributed by atoms with Gasteiger partial charge in [0.25, 0.3) is 11.5 Å². The first-order chi connectivity index (χ1) is 9.63. The molecule has 1 aliphatic rings. The normalized spacial score (nSPS) is 13.8. The molecule has 1 amide bonds. The van der Waals surface area contributed by atoms with E-state index in [2.05, 4.69) is 10.3 Å². The largest absolute Gasteiger partial charge is 0.340 e. The van der Waals surface area contributed by atoms with E-state index in [9.17, 15) is 9.59 Å². The monoisotopic (exact) mass is 313 g/mol. The predicted octanol–water partition coefficient (Wildman–Crippen LogP) is 1.36. The molecule has 0 saturated carbocycles. The number of pyridine rings is 1. The number of nitrogens with one attached hydrogen (secondary N) is 2. The van der Waals surface area contributed by atoms with Gasteiger partial charge in [-0.25, -0.2) is 0 Å². The minimum absolute atomic E-state index is 0. The third-order valence-electron chi connectivity index (χ3n) is 3.86. The van der Waals surface area contributed by atoms with Gasteiger partial charge in [0.1, 0.15) is 5.56 Å². The quantitative estimate of drug-likeness (QED) is 0.825. The van der Waals surface area contributed by atoms with Gasteiger partial charge in [0.15, 0.2) is 0 Å². The van der Waals surface area contributed by atoms with E-state index in [-0.39, 0.29) is 29.4 Å². The summed E-state index contributed by atoms with van der Waals surface area (Å²) in [4.78, 5) is 28.9. The van der Waals surface area contributed by atoms with Gasteiger partial charge in [-0.2, -0.15) is 0 Å². The molecule has 0 atom stereocenters. The molecule has 5 nitrogen and oxygen atoms in total. The molecule has 0 bridgehead atoms. The highest BCUT2D eigenvalue weighted by Gasteiger charge is 2.18. The molecule has 0 aliphatic heterocycles. The van der Waals surface area contributed by atoms with Crippen molar-refractivity contribution in [2.45, 2.75) is 32.1 Å². The molecule has 2 N–H and O–H groups in total. The van der Waals surface area contributed by atoms with Crippen molar-refractivity contribution in [1.29, 1.82) is 0 Å². The zero-order valence-electron chi connectivity index (χ0n) is 12.7. The highest BCUT2D eigenvalue weighted by molar-refractivity contribution is 5.93. The lowest BCUT2D eigenvalue weighted by molar-refractivity contribution is 0.0795. The van der Waals surface area contributed by atoms with Gasteiger partial charge in [0.05, 0.1) is 0 Å². The third-order valence-corrected chi connectivity index (χ3v) is 3.86. The number of aryl methyl sites for hydroxylation is 2. The van der Waals surface area contributed by atoms with Gasteiger partial charge in [-0.05, 0) is 44.4 Å². The van der Waals surface area contributed by atoms with E-state index in [0.717, 1.165) is 36.9 Å². The lowest BCUT2D eigenvalue weighted by Gasteiger charge is -2.17. The Morgan fingerprint density at radius 3 is 2.76 bits per heavy atom. The van der Waals surface area contributed by atoms with Crippen LogP contribution in [0.1, 0.15) is 40.9 Å². The maximum Gasteiger partial charge on any atom is 0.261 e. The molecule has 0 aromatic carbocycles. The maximum absolute atomic E-state index is 12.3. The minimum atomic E-state index is -0.257. The molecular weight excluding hydrogens is 290 g/mol. The Morgan fingerprint density at radius 2 is 2.05 bits per heavy atom. The predicted molar refractivity (Wildman–Crippen MR) is 86.5 cm³/mol. The number of hydrogen-bond donors (Lipinski definition) is 2. The molecular formula is C15H24ClN3O2.